The van der Waals surface area contributed by atoms with Gasteiger partial charge in [-0.3, -0.25) is 0 Å². The van der Waals surface area contributed by atoms with Crippen LogP contribution in [0.3, 0.4) is 0 Å². The Kier molecular flexibility index (Phi) is 16.7. The van der Waals surface area contributed by atoms with Crippen LogP contribution in [0.1, 0.15) is 0 Å². The summed E-state index contributed by atoms with van der Waals surface area (Å²) in [6.45, 7) is 3.51. The Morgan fingerprint density at radius 1 is 0.500 bits per heavy atom. The van der Waals surface area contributed by atoms with Gasteiger partial charge in [-0.2, -0.15) is 0 Å². The van der Waals surface area contributed by atoms with Crippen LogP contribution < -0.4 is 17.2 Å². The molecule has 3 amide bonds. The molecule has 0 saturated heterocycles. The molecule has 0 fully saturated rings. The van der Waals surface area contributed by atoms with Crippen molar-refractivity contribution >= 4 is 18.3 Å². The molecule has 0 radical (unpaired) electrons. The fourth-order valence-corrected chi connectivity index (χ4v) is 1.26. The molecule has 0 aliphatic heterocycles. The highest BCUT2D eigenvalue weighted by atomic mass is 16.6. The van der Waals surface area contributed by atoms with E-state index in [9.17, 15) is 14.4 Å². The largest absolute Gasteiger partial charge is 0.444 e. The number of amides is 3. The molecule has 0 aromatic heterocycles. The molecule has 6 N–H and O–H groups in total. The van der Waals surface area contributed by atoms with Crippen LogP contribution in [-0.2, 0) is 14.2 Å². The topological polar surface area (TPSA) is 157 Å². The first-order chi connectivity index (χ1) is 13.2. The quantitative estimate of drug-likeness (QED) is 0.319. The standard InChI is InChI=1S/3C6H14N2O2/c3*1-8(2,3)4-5-10-6(7)9/h3*4-5H2,1-3H3,(H-,7,9)/p+3. The summed E-state index contributed by atoms with van der Waals surface area (Å²) < 4.78 is 15.9. The molecule has 30 heavy (non-hydrogen) atoms. The summed E-state index contributed by atoms with van der Waals surface area (Å²) in [5.41, 5.74) is 14.3. The number of quaternary nitrogens is 3. The Balaban J connectivity index is -0.000000364. The Labute approximate surface area is 181 Å². The van der Waals surface area contributed by atoms with Gasteiger partial charge < -0.3 is 44.9 Å². The first kappa shape index (κ1) is 32.4. The van der Waals surface area contributed by atoms with E-state index in [-0.39, 0.29) is 0 Å². The van der Waals surface area contributed by atoms with Crippen molar-refractivity contribution in [3.63, 3.8) is 0 Å². The second-order valence-corrected chi connectivity index (χ2v) is 9.54. The van der Waals surface area contributed by atoms with Gasteiger partial charge in [-0.05, 0) is 0 Å². The van der Waals surface area contributed by atoms with Crippen molar-refractivity contribution in [3.05, 3.63) is 0 Å². The minimum absolute atomic E-state index is 0.388. The molecule has 180 valence electrons. The van der Waals surface area contributed by atoms with E-state index in [1.54, 1.807) is 0 Å². The first-order valence-electron chi connectivity index (χ1n) is 9.43. The number of nitrogens with zero attached hydrogens (tertiary/aromatic N) is 3. The van der Waals surface area contributed by atoms with E-state index in [4.69, 9.17) is 17.2 Å². The van der Waals surface area contributed by atoms with E-state index in [2.05, 4.69) is 14.2 Å². The summed E-state index contributed by atoms with van der Waals surface area (Å²) in [5.74, 6) is 0. The maximum atomic E-state index is 10.1. The van der Waals surface area contributed by atoms with Crippen molar-refractivity contribution in [3.8, 4) is 0 Å². The van der Waals surface area contributed by atoms with E-state index in [1.165, 1.54) is 0 Å². The molecule has 0 aliphatic rings. The van der Waals surface area contributed by atoms with Crippen LogP contribution >= 0.6 is 0 Å². The van der Waals surface area contributed by atoms with E-state index in [0.717, 1.165) is 33.1 Å². The molecule has 0 spiro atoms. The molecule has 0 aromatic carbocycles. The number of likely N-dealkylation sites (N-methyl/N-ethyl adjacent to an activating group) is 3. The maximum Gasteiger partial charge on any atom is 0.404 e. The third-order valence-corrected chi connectivity index (χ3v) is 3.02. The van der Waals surface area contributed by atoms with Crippen LogP contribution in [0.15, 0.2) is 0 Å². The Hall–Kier alpha value is -2.31. The van der Waals surface area contributed by atoms with Crippen molar-refractivity contribution in [2.45, 2.75) is 0 Å². The van der Waals surface area contributed by atoms with Crippen LogP contribution in [0.2, 0.25) is 0 Å². The van der Waals surface area contributed by atoms with Gasteiger partial charge in [0, 0.05) is 0 Å². The van der Waals surface area contributed by atoms with E-state index < -0.39 is 18.3 Å². The van der Waals surface area contributed by atoms with Gasteiger partial charge in [0.1, 0.15) is 39.5 Å². The monoisotopic (exact) mass is 441 g/mol. The van der Waals surface area contributed by atoms with Gasteiger partial charge in [-0.15, -0.1) is 0 Å². The third kappa shape index (κ3) is 44.8. The summed E-state index contributed by atoms with van der Waals surface area (Å²) in [5, 5.41) is 0. The van der Waals surface area contributed by atoms with Crippen LogP contribution in [0, 0.1) is 0 Å². The lowest BCUT2D eigenvalue weighted by atomic mass is 10.5. The predicted molar refractivity (Wildman–Crippen MR) is 115 cm³/mol. The molecule has 0 atom stereocenters. The lowest BCUT2D eigenvalue weighted by Crippen LogP contribution is -2.38. The highest BCUT2D eigenvalue weighted by molar-refractivity contribution is 5.65. The Bertz CT molecular complexity index is 424. The van der Waals surface area contributed by atoms with Gasteiger partial charge in [0.15, 0.2) is 0 Å². The van der Waals surface area contributed by atoms with Gasteiger partial charge in [0.25, 0.3) is 0 Å². The number of primary amides is 3. The Morgan fingerprint density at radius 3 is 0.767 bits per heavy atom. The molecular formula is C18H45N6O6+3. The van der Waals surface area contributed by atoms with Crippen molar-refractivity contribution in [1.82, 2.24) is 0 Å². The number of carbonyl (C=O) groups is 3. The number of nitrogens with two attached hydrogens (primary N) is 3. The molecule has 0 bridgehead atoms. The highest BCUT2D eigenvalue weighted by Crippen LogP contribution is 1.90. The second kappa shape index (κ2) is 15.5. The molecule has 0 unspecified atom stereocenters. The summed E-state index contributed by atoms with van der Waals surface area (Å²) in [4.78, 5) is 30.2. The number of ether oxygens (including phenoxy) is 3. The van der Waals surface area contributed by atoms with Crippen molar-refractivity contribution < 1.29 is 42.0 Å². The number of rotatable bonds is 9. The van der Waals surface area contributed by atoms with Gasteiger partial charge >= 0.3 is 18.3 Å². The van der Waals surface area contributed by atoms with E-state index in [0.29, 0.717) is 19.8 Å². The zero-order valence-electron chi connectivity index (χ0n) is 20.3. The lowest BCUT2D eigenvalue weighted by Gasteiger charge is -2.22. The summed E-state index contributed by atoms with van der Waals surface area (Å²) in [6, 6.07) is 0. The van der Waals surface area contributed by atoms with E-state index >= 15 is 0 Å². The molecule has 0 aromatic rings. The second-order valence-electron chi connectivity index (χ2n) is 9.54. The van der Waals surface area contributed by atoms with Crippen LogP contribution in [0.4, 0.5) is 14.4 Å². The fourth-order valence-electron chi connectivity index (χ4n) is 1.26. The maximum absolute atomic E-state index is 10.1. The zero-order valence-corrected chi connectivity index (χ0v) is 20.3. The van der Waals surface area contributed by atoms with Crippen molar-refractivity contribution in [1.29, 1.82) is 0 Å². The van der Waals surface area contributed by atoms with E-state index in [1.807, 2.05) is 63.4 Å². The first-order valence-corrected chi connectivity index (χ1v) is 9.43. The summed E-state index contributed by atoms with van der Waals surface area (Å²) >= 11 is 0. The van der Waals surface area contributed by atoms with Gasteiger partial charge in [0.05, 0.1) is 63.4 Å². The molecule has 0 heterocycles. The minimum Gasteiger partial charge on any atom is -0.444 e. The van der Waals surface area contributed by atoms with Crippen molar-refractivity contribution in [2.75, 3.05) is 103 Å². The highest BCUT2D eigenvalue weighted by Gasteiger charge is 2.08. The molecule has 12 nitrogen and oxygen atoms in total. The average Bonchev–Trinajstić information content (AvgIpc) is 2.42. The number of carbonyl (C=O) groups excluding carboxylic acids is 3. The molecule has 0 aliphatic carbocycles. The number of hydrogen-bond donors (Lipinski definition) is 3. The zero-order chi connectivity index (χ0) is 24.6. The van der Waals surface area contributed by atoms with Gasteiger partial charge in [-0.1, -0.05) is 0 Å². The summed E-state index contributed by atoms with van der Waals surface area (Å²) in [6.07, 6.45) is -2.10. The summed E-state index contributed by atoms with van der Waals surface area (Å²) in [7, 11) is 18.2. The van der Waals surface area contributed by atoms with Crippen LogP contribution in [0.5, 0.6) is 0 Å². The molecule has 0 saturated carbocycles. The van der Waals surface area contributed by atoms with Crippen LogP contribution in [-0.4, -0.2) is 135 Å². The fraction of sp³-hybridized carbons (Fsp3) is 0.833. The minimum atomic E-state index is -0.701. The van der Waals surface area contributed by atoms with Gasteiger partial charge in [-0.25, -0.2) is 14.4 Å². The molecule has 12 heteroatoms. The third-order valence-electron chi connectivity index (χ3n) is 3.02. The van der Waals surface area contributed by atoms with Crippen LogP contribution in [0.25, 0.3) is 0 Å². The predicted octanol–water partition coefficient (Wildman–Crippen LogP) is -0.636. The SMILES string of the molecule is C[N+](C)(C)CCOC(N)=O.C[N+](C)(C)CCOC(N)=O.C[N+](C)(C)CCOC(N)=O. The normalized spacial score (nSPS) is 11.1. The smallest absolute Gasteiger partial charge is 0.404 e. The Morgan fingerprint density at radius 2 is 0.667 bits per heavy atom. The molecular weight excluding hydrogens is 396 g/mol. The number of hydrogen-bond acceptors (Lipinski definition) is 6. The van der Waals surface area contributed by atoms with Crippen molar-refractivity contribution in [2.24, 2.45) is 17.2 Å². The van der Waals surface area contributed by atoms with Gasteiger partial charge in [0.2, 0.25) is 0 Å². The molecule has 0 rings (SSSR count). The average molecular weight is 442 g/mol. The lowest BCUT2D eigenvalue weighted by molar-refractivity contribution is -0.870.